The third-order valence-electron chi connectivity index (χ3n) is 3.77. The van der Waals surface area contributed by atoms with E-state index in [4.69, 9.17) is 23.9 Å². The molecule has 1 heterocycles. The second-order valence-electron chi connectivity index (χ2n) is 5.90. The Labute approximate surface area is 170 Å². The molecule has 0 aliphatic heterocycles. The molecule has 1 saturated carbocycles. The monoisotopic (exact) mass is 411 g/mol. The Bertz CT molecular complexity index is 650. The van der Waals surface area contributed by atoms with Crippen LogP contribution in [0, 0.1) is 18.8 Å². The van der Waals surface area contributed by atoms with Crippen molar-refractivity contribution < 1.29 is 38.2 Å². The van der Waals surface area contributed by atoms with Crippen molar-refractivity contribution in [2.45, 2.75) is 47.0 Å². The number of nitrogens with zero attached hydrogens (tertiary/aromatic N) is 1. The Balaban J connectivity index is -0.000000358. The number of esters is 2. The van der Waals surface area contributed by atoms with Crippen LogP contribution in [-0.2, 0) is 33.4 Å². The molecule has 0 spiro atoms. The molecule has 1 aromatic heterocycles. The van der Waals surface area contributed by atoms with Crippen molar-refractivity contribution in [3.63, 3.8) is 0 Å². The number of methoxy groups -OCH3 is 2. The molecular formula is C20H29NO8. The van der Waals surface area contributed by atoms with E-state index in [0.29, 0.717) is 11.5 Å². The average Bonchev–Trinajstić information content (AvgIpc) is 2.68. The van der Waals surface area contributed by atoms with Gasteiger partial charge in [-0.15, -0.1) is 0 Å². The summed E-state index contributed by atoms with van der Waals surface area (Å²) in [6.07, 6.45) is 8.17. The predicted molar refractivity (Wildman–Crippen MR) is 100 cm³/mol. The third kappa shape index (κ3) is 15.6. The number of ether oxygens (including phenoxy) is 2. The van der Waals surface area contributed by atoms with Gasteiger partial charge in [-0.3, -0.25) is 9.78 Å². The number of aryl methyl sites for hydroxylation is 1. The maximum Gasteiger partial charge on any atom is 0.373 e. The number of pyridine rings is 1. The van der Waals surface area contributed by atoms with Crippen LogP contribution in [0.25, 0.3) is 0 Å². The van der Waals surface area contributed by atoms with Crippen molar-refractivity contribution in [3.05, 3.63) is 29.6 Å². The summed E-state index contributed by atoms with van der Waals surface area (Å²) in [6, 6.07) is 1.73. The van der Waals surface area contributed by atoms with Crippen molar-refractivity contribution in [2.75, 3.05) is 14.2 Å². The van der Waals surface area contributed by atoms with E-state index in [1.165, 1.54) is 33.3 Å². The molecule has 0 bridgehead atoms. The van der Waals surface area contributed by atoms with Gasteiger partial charge in [0.2, 0.25) is 0 Å². The van der Waals surface area contributed by atoms with Gasteiger partial charge in [-0.25, -0.2) is 4.79 Å². The van der Waals surface area contributed by atoms with E-state index in [-0.39, 0.29) is 37.6 Å². The van der Waals surface area contributed by atoms with Crippen LogP contribution in [-0.4, -0.2) is 43.4 Å². The molecule has 9 nitrogen and oxygen atoms in total. The molecule has 1 aliphatic rings. The molecule has 2 atom stereocenters. The van der Waals surface area contributed by atoms with Crippen LogP contribution in [0.1, 0.15) is 56.0 Å². The summed E-state index contributed by atoms with van der Waals surface area (Å²) in [5.41, 5.74) is 1.44. The lowest BCUT2D eigenvalue weighted by Gasteiger charge is -2.24. The number of rotatable bonds is 2. The van der Waals surface area contributed by atoms with E-state index in [1.54, 1.807) is 12.3 Å². The molecule has 1 aliphatic carbocycles. The van der Waals surface area contributed by atoms with Crippen LogP contribution in [0.2, 0.25) is 0 Å². The minimum absolute atomic E-state index is 0. The summed E-state index contributed by atoms with van der Waals surface area (Å²) in [5.74, 6) is 0.523. The molecule has 1 fully saturated rings. The first kappa shape index (κ1) is 30.6. The highest BCUT2D eigenvalue weighted by molar-refractivity contribution is 5.89. The summed E-state index contributed by atoms with van der Waals surface area (Å²) >= 11 is 0. The van der Waals surface area contributed by atoms with E-state index in [2.05, 4.69) is 16.6 Å². The van der Waals surface area contributed by atoms with Crippen LogP contribution in [0.5, 0.6) is 0 Å². The maximum atomic E-state index is 11.1. The van der Waals surface area contributed by atoms with Gasteiger partial charge in [0.25, 0.3) is 0 Å². The molecule has 2 rings (SSSR count). The highest BCUT2D eigenvalue weighted by Crippen LogP contribution is 2.28. The number of aromatic nitrogens is 1. The van der Waals surface area contributed by atoms with Crippen LogP contribution in [0.15, 0.2) is 18.5 Å². The number of hydrogen-bond acceptors (Lipinski definition) is 9. The van der Waals surface area contributed by atoms with Crippen LogP contribution in [0.3, 0.4) is 0 Å². The van der Waals surface area contributed by atoms with Gasteiger partial charge in [0, 0.05) is 12.4 Å². The molecule has 0 N–H and O–H groups in total. The van der Waals surface area contributed by atoms with Crippen molar-refractivity contribution >= 4 is 24.2 Å². The van der Waals surface area contributed by atoms with Crippen LogP contribution >= 0.6 is 0 Å². The topological polar surface area (TPSA) is 134 Å². The standard InChI is InChI=1S/C9H16O2.C8H9NO2.2CO2.CH4/c1-7-4-3-5-8(6-7)9(10)11-2;1-6-3-7(5-9-4-6)8(10)11-2;2*2-1-3;/h7-8H,3-6H2,1-2H3;3-5H,1-2H3;;;1H4. The largest absolute Gasteiger partial charge is 0.469 e. The predicted octanol–water partition coefficient (Wildman–Crippen LogP) is 2.63. The van der Waals surface area contributed by atoms with E-state index in [0.717, 1.165) is 18.4 Å². The highest BCUT2D eigenvalue weighted by Gasteiger charge is 2.25. The second-order valence-corrected chi connectivity index (χ2v) is 5.90. The van der Waals surface area contributed by atoms with E-state index in [9.17, 15) is 9.59 Å². The van der Waals surface area contributed by atoms with Gasteiger partial charge in [-0.05, 0) is 37.3 Å². The Morgan fingerprint density at radius 1 is 1.03 bits per heavy atom. The Morgan fingerprint density at radius 3 is 2.00 bits per heavy atom. The first-order chi connectivity index (χ1) is 13.3. The van der Waals surface area contributed by atoms with Crippen molar-refractivity contribution in [1.29, 1.82) is 0 Å². The van der Waals surface area contributed by atoms with Crippen molar-refractivity contribution in [2.24, 2.45) is 11.8 Å². The molecule has 0 aromatic carbocycles. The maximum absolute atomic E-state index is 11.1. The van der Waals surface area contributed by atoms with E-state index in [1.807, 2.05) is 6.92 Å². The Hall–Kier alpha value is -3.15. The third-order valence-corrected chi connectivity index (χ3v) is 3.77. The van der Waals surface area contributed by atoms with Crippen molar-refractivity contribution in [1.82, 2.24) is 4.98 Å². The molecule has 1 aromatic rings. The minimum Gasteiger partial charge on any atom is -0.469 e. The molecule has 2 unspecified atom stereocenters. The zero-order valence-electron chi connectivity index (χ0n) is 16.4. The van der Waals surface area contributed by atoms with Gasteiger partial charge in [0.15, 0.2) is 0 Å². The van der Waals surface area contributed by atoms with E-state index >= 15 is 0 Å². The summed E-state index contributed by atoms with van der Waals surface area (Å²) in [4.78, 5) is 58.3. The van der Waals surface area contributed by atoms with Crippen molar-refractivity contribution in [3.8, 4) is 0 Å². The second kappa shape index (κ2) is 19.6. The summed E-state index contributed by atoms with van der Waals surface area (Å²) in [7, 11) is 2.83. The van der Waals surface area contributed by atoms with Crippen LogP contribution < -0.4 is 0 Å². The number of carbonyl (C=O) groups is 2. The fourth-order valence-electron chi connectivity index (χ4n) is 2.60. The Morgan fingerprint density at radius 2 is 1.59 bits per heavy atom. The lowest BCUT2D eigenvalue weighted by molar-refractivity contribution is -0.193. The lowest BCUT2D eigenvalue weighted by Crippen LogP contribution is -2.22. The molecule has 0 amide bonds. The molecule has 0 radical (unpaired) electrons. The van der Waals surface area contributed by atoms with Gasteiger partial charge >= 0.3 is 24.2 Å². The zero-order valence-corrected chi connectivity index (χ0v) is 16.4. The van der Waals surface area contributed by atoms with Gasteiger partial charge < -0.3 is 9.47 Å². The molecule has 9 heteroatoms. The smallest absolute Gasteiger partial charge is 0.373 e. The Kier molecular flexibility index (Phi) is 20.7. The fraction of sp³-hybridized carbons (Fsp3) is 0.550. The fourth-order valence-corrected chi connectivity index (χ4v) is 2.60. The average molecular weight is 411 g/mol. The van der Waals surface area contributed by atoms with Gasteiger partial charge in [-0.1, -0.05) is 27.2 Å². The van der Waals surface area contributed by atoms with E-state index < -0.39 is 0 Å². The van der Waals surface area contributed by atoms with Gasteiger partial charge in [0.1, 0.15) is 0 Å². The SMILES string of the molecule is C.COC(=O)C1CCCC(C)C1.COC(=O)c1cncc(C)c1.O=C=O.O=C=O. The highest BCUT2D eigenvalue weighted by atomic mass is 16.5. The molecular weight excluding hydrogens is 382 g/mol. The number of hydrogen-bond donors (Lipinski definition) is 0. The molecule has 162 valence electrons. The lowest BCUT2D eigenvalue weighted by atomic mass is 9.82. The number of carbonyl (C=O) groups excluding carboxylic acids is 6. The molecule has 0 saturated heterocycles. The zero-order chi connectivity index (χ0) is 21.9. The van der Waals surface area contributed by atoms with Gasteiger partial charge in [0.05, 0.1) is 25.7 Å². The van der Waals surface area contributed by atoms with Crippen LogP contribution in [0.4, 0.5) is 0 Å². The first-order valence-electron chi connectivity index (χ1n) is 8.37. The first-order valence-corrected chi connectivity index (χ1v) is 8.37. The molecule has 29 heavy (non-hydrogen) atoms. The summed E-state index contributed by atoms with van der Waals surface area (Å²) < 4.78 is 9.21. The summed E-state index contributed by atoms with van der Waals surface area (Å²) in [6.45, 7) is 4.08. The normalized spacial score (nSPS) is 16.0. The summed E-state index contributed by atoms with van der Waals surface area (Å²) in [5, 5.41) is 0. The minimum atomic E-state index is -0.346. The van der Waals surface area contributed by atoms with Gasteiger partial charge in [-0.2, -0.15) is 19.2 Å². The quantitative estimate of drug-likeness (QED) is 0.673.